The number of nitriles is 1. The minimum Gasteiger partial charge on any atom is -0.324 e. The van der Waals surface area contributed by atoms with Crippen LogP contribution in [0.3, 0.4) is 0 Å². The molecule has 5 heteroatoms. The third kappa shape index (κ3) is 3.24. The monoisotopic (exact) mass is 367 g/mol. The molecule has 1 atom stereocenters. The SMILES string of the molecule is N#Cc1ccc(C(=O)N2c3ccccc3NC(=O)C[C@H]2c2ccccc2)cc1. The van der Waals surface area contributed by atoms with Crippen molar-refractivity contribution in [3.05, 3.63) is 95.6 Å². The van der Waals surface area contributed by atoms with Gasteiger partial charge in [-0.3, -0.25) is 14.5 Å². The molecular formula is C23H17N3O2. The number of carbonyl (C=O) groups excluding carboxylic acids is 2. The first-order chi connectivity index (χ1) is 13.7. The molecule has 4 rings (SSSR count). The first-order valence-electron chi connectivity index (χ1n) is 8.95. The van der Waals surface area contributed by atoms with Gasteiger partial charge in [-0.15, -0.1) is 0 Å². The average Bonchev–Trinajstić information content (AvgIpc) is 2.89. The molecule has 5 nitrogen and oxygen atoms in total. The number of amides is 2. The predicted molar refractivity (Wildman–Crippen MR) is 107 cm³/mol. The topological polar surface area (TPSA) is 73.2 Å². The van der Waals surface area contributed by atoms with E-state index in [0.717, 1.165) is 5.56 Å². The Morgan fingerprint density at radius 3 is 2.36 bits per heavy atom. The maximum absolute atomic E-state index is 13.5. The molecule has 0 unspecified atom stereocenters. The van der Waals surface area contributed by atoms with Crippen molar-refractivity contribution in [2.45, 2.75) is 12.5 Å². The zero-order chi connectivity index (χ0) is 19.5. The van der Waals surface area contributed by atoms with Crippen LogP contribution in [0, 0.1) is 11.3 Å². The minimum absolute atomic E-state index is 0.142. The molecule has 3 aromatic carbocycles. The summed E-state index contributed by atoms with van der Waals surface area (Å²) in [4.78, 5) is 27.7. The van der Waals surface area contributed by atoms with Gasteiger partial charge in [0.2, 0.25) is 5.91 Å². The van der Waals surface area contributed by atoms with Crippen molar-refractivity contribution >= 4 is 23.2 Å². The van der Waals surface area contributed by atoms with Crippen LogP contribution in [0.15, 0.2) is 78.9 Å². The van der Waals surface area contributed by atoms with Gasteiger partial charge in [0.15, 0.2) is 0 Å². The first kappa shape index (κ1) is 17.5. The number of nitrogens with one attached hydrogen (secondary N) is 1. The lowest BCUT2D eigenvalue weighted by Crippen LogP contribution is -2.35. The highest BCUT2D eigenvalue weighted by Gasteiger charge is 2.33. The van der Waals surface area contributed by atoms with Crippen molar-refractivity contribution in [3.8, 4) is 6.07 Å². The number of hydrogen-bond donors (Lipinski definition) is 1. The molecule has 3 aromatic rings. The van der Waals surface area contributed by atoms with Crippen molar-refractivity contribution < 1.29 is 9.59 Å². The van der Waals surface area contributed by atoms with Crippen LogP contribution in [0.5, 0.6) is 0 Å². The molecule has 0 saturated heterocycles. The van der Waals surface area contributed by atoms with Gasteiger partial charge in [-0.25, -0.2) is 0 Å². The molecular weight excluding hydrogens is 350 g/mol. The van der Waals surface area contributed by atoms with Gasteiger partial charge >= 0.3 is 0 Å². The number of nitrogens with zero attached hydrogens (tertiary/aromatic N) is 2. The van der Waals surface area contributed by atoms with E-state index in [0.29, 0.717) is 22.5 Å². The Bertz CT molecular complexity index is 1070. The number of rotatable bonds is 2. The van der Waals surface area contributed by atoms with E-state index >= 15 is 0 Å². The standard InChI is InChI=1S/C23H17N3O2/c24-15-16-10-12-18(13-11-16)23(28)26-20-9-5-4-8-19(20)25-22(27)14-21(26)17-6-2-1-3-7-17/h1-13,21H,14H2,(H,25,27)/t21-/m0/s1. The Kier molecular flexibility index (Phi) is 4.61. The second kappa shape index (κ2) is 7.37. The first-order valence-corrected chi connectivity index (χ1v) is 8.95. The third-order valence-corrected chi connectivity index (χ3v) is 4.79. The Morgan fingerprint density at radius 2 is 1.64 bits per heavy atom. The number of anilines is 2. The fraction of sp³-hybridized carbons (Fsp3) is 0.0870. The largest absolute Gasteiger partial charge is 0.324 e. The van der Waals surface area contributed by atoms with Gasteiger partial charge in [0.25, 0.3) is 5.91 Å². The highest BCUT2D eigenvalue weighted by molar-refractivity contribution is 6.11. The Morgan fingerprint density at radius 1 is 0.964 bits per heavy atom. The van der Waals surface area contributed by atoms with E-state index in [4.69, 9.17) is 5.26 Å². The normalized spacial score (nSPS) is 15.8. The van der Waals surface area contributed by atoms with Crippen LogP contribution in [0.2, 0.25) is 0 Å². The lowest BCUT2D eigenvalue weighted by atomic mass is 10.00. The van der Waals surface area contributed by atoms with Crippen molar-refractivity contribution in [2.24, 2.45) is 0 Å². The van der Waals surface area contributed by atoms with Crippen LogP contribution < -0.4 is 10.2 Å². The smallest absolute Gasteiger partial charge is 0.258 e. The second-order valence-corrected chi connectivity index (χ2v) is 6.56. The fourth-order valence-electron chi connectivity index (χ4n) is 3.44. The molecule has 0 fully saturated rings. The zero-order valence-corrected chi connectivity index (χ0v) is 15.0. The van der Waals surface area contributed by atoms with Gasteiger partial charge in [-0.1, -0.05) is 42.5 Å². The van der Waals surface area contributed by atoms with E-state index in [1.807, 2.05) is 48.5 Å². The van der Waals surface area contributed by atoms with Gasteiger partial charge < -0.3 is 5.32 Å². The van der Waals surface area contributed by atoms with E-state index in [9.17, 15) is 9.59 Å². The Balaban J connectivity index is 1.86. The molecule has 0 bridgehead atoms. The number of carbonyl (C=O) groups is 2. The minimum atomic E-state index is -0.437. The Hall–Kier alpha value is -3.91. The van der Waals surface area contributed by atoms with Gasteiger partial charge in [0.1, 0.15) is 0 Å². The van der Waals surface area contributed by atoms with Crippen LogP contribution in [-0.2, 0) is 4.79 Å². The lowest BCUT2D eigenvalue weighted by molar-refractivity contribution is -0.116. The highest BCUT2D eigenvalue weighted by Crippen LogP contribution is 2.38. The van der Waals surface area contributed by atoms with Crippen LogP contribution in [-0.4, -0.2) is 11.8 Å². The molecule has 0 saturated carbocycles. The molecule has 0 aromatic heterocycles. The number of benzene rings is 3. The highest BCUT2D eigenvalue weighted by atomic mass is 16.2. The van der Waals surface area contributed by atoms with Gasteiger partial charge in [-0.2, -0.15) is 5.26 Å². The van der Waals surface area contributed by atoms with Gasteiger partial charge in [-0.05, 0) is 42.0 Å². The molecule has 1 aliphatic rings. The maximum Gasteiger partial charge on any atom is 0.258 e. The molecule has 2 amide bonds. The summed E-state index contributed by atoms with van der Waals surface area (Å²) in [6, 6.07) is 25.0. The molecule has 1 heterocycles. The molecule has 28 heavy (non-hydrogen) atoms. The average molecular weight is 367 g/mol. The van der Waals surface area contributed by atoms with Crippen molar-refractivity contribution in [3.63, 3.8) is 0 Å². The predicted octanol–water partition coefficient (Wildman–Crippen LogP) is 4.29. The van der Waals surface area contributed by atoms with Gasteiger partial charge in [0, 0.05) is 5.56 Å². The molecule has 0 spiro atoms. The van der Waals surface area contributed by atoms with E-state index in [1.54, 1.807) is 35.2 Å². The summed E-state index contributed by atoms with van der Waals surface area (Å²) in [6.45, 7) is 0. The van der Waals surface area contributed by atoms with Crippen molar-refractivity contribution in [2.75, 3.05) is 10.2 Å². The molecule has 0 radical (unpaired) electrons. The van der Waals surface area contributed by atoms with Crippen LogP contribution in [0.25, 0.3) is 0 Å². The van der Waals surface area contributed by atoms with Crippen molar-refractivity contribution in [1.82, 2.24) is 0 Å². The lowest BCUT2D eigenvalue weighted by Gasteiger charge is -2.31. The molecule has 1 N–H and O–H groups in total. The second-order valence-electron chi connectivity index (χ2n) is 6.56. The molecule has 136 valence electrons. The number of fused-ring (bicyclic) bond motifs is 1. The summed E-state index contributed by atoms with van der Waals surface area (Å²) >= 11 is 0. The quantitative estimate of drug-likeness (QED) is 0.734. The van der Waals surface area contributed by atoms with E-state index in [-0.39, 0.29) is 18.2 Å². The fourth-order valence-corrected chi connectivity index (χ4v) is 3.44. The summed E-state index contributed by atoms with van der Waals surface area (Å²) in [5.74, 6) is -0.362. The summed E-state index contributed by atoms with van der Waals surface area (Å²) in [7, 11) is 0. The summed E-state index contributed by atoms with van der Waals surface area (Å²) in [6.07, 6.45) is 0.153. The summed E-state index contributed by atoms with van der Waals surface area (Å²) in [5.41, 5.74) is 3.09. The van der Waals surface area contributed by atoms with Crippen LogP contribution >= 0.6 is 0 Å². The summed E-state index contributed by atoms with van der Waals surface area (Å²) < 4.78 is 0. The van der Waals surface area contributed by atoms with E-state index in [2.05, 4.69) is 11.4 Å². The number of para-hydroxylation sites is 2. The number of hydrogen-bond acceptors (Lipinski definition) is 3. The van der Waals surface area contributed by atoms with Crippen molar-refractivity contribution in [1.29, 1.82) is 5.26 Å². The van der Waals surface area contributed by atoms with E-state index < -0.39 is 6.04 Å². The zero-order valence-electron chi connectivity index (χ0n) is 15.0. The Labute approximate surface area is 162 Å². The molecule has 1 aliphatic heterocycles. The summed E-state index contributed by atoms with van der Waals surface area (Å²) in [5, 5.41) is 11.9. The van der Waals surface area contributed by atoms with E-state index in [1.165, 1.54) is 0 Å². The third-order valence-electron chi connectivity index (χ3n) is 4.79. The van der Waals surface area contributed by atoms with Crippen LogP contribution in [0.4, 0.5) is 11.4 Å². The van der Waals surface area contributed by atoms with Gasteiger partial charge in [0.05, 0.1) is 35.5 Å². The molecule has 0 aliphatic carbocycles. The van der Waals surface area contributed by atoms with Crippen LogP contribution in [0.1, 0.15) is 33.9 Å². The maximum atomic E-state index is 13.5.